The smallest absolute Gasteiger partial charge is 0.475 e. The summed E-state index contributed by atoms with van der Waals surface area (Å²) < 4.78 is 109. The molecule has 19 heteroatoms. The van der Waals surface area contributed by atoms with Crippen LogP contribution in [0.4, 0.5) is 30.7 Å². The van der Waals surface area contributed by atoms with E-state index in [-0.39, 0.29) is 21.6 Å². The summed E-state index contributed by atoms with van der Waals surface area (Å²) in [5.41, 5.74) is 0. The fraction of sp³-hybridized carbons (Fsp3) is 0.400. The fourth-order valence-electron chi connectivity index (χ4n) is 3.13. The van der Waals surface area contributed by atoms with Gasteiger partial charge in [-0.15, -0.1) is 11.8 Å². The second-order valence-electron chi connectivity index (χ2n) is 7.80. The van der Waals surface area contributed by atoms with Gasteiger partial charge in [0, 0.05) is 48.6 Å². The van der Waals surface area contributed by atoms with Gasteiger partial charge in [0.05, 0.1) is 0 Å². The van der Waals surface area contributed by atoms with E-state index >= 15 is 0 Å². The minimum atomic E-state index is -5.08. The zero-order valence-electron chi connectivity index (χ0n) is 19.2. The number of carbonyl (C=O) groups is 2. The number of sulfonamides is 1. The van der Waals surface area contributed by atoms with Gasteiger partial charge in [-0.05, 0) is 24.3 Å². The monoisotopic (exact) mass is 609 g/mol. The van der Waals surface area contributed by atoms with Crippen molar-refractivity contribution in [3.63, 3.8) is 0 Å². The molecule has 1 atom stereocenters. The average molecular weight is 609 g/mol. The lowest BCUT2D eigenvalue weighted by Gasteiger charge is -2.46. The van der Waals surface area contributed by atoms with Crippen LogP contribution in [-0.4, -0.2) is 86.9 Å². The maximum Gasteiger partial charge on any atom is 0.490 e. The molecule has 0 radical (unpaired) electrons. The van der Waals surface area contributed by atoms with Gasteiger partial charge in [-0.3, -0.25) is 4.98 Å². The first-order valence-electron chi connectivity index (χ1n) is 10.3. The number of hydrogen-bond acceptors (Lipinski definition) is 8. The van der Waals surface area contributed by atoms with E-state index in [0.717, 1.165) is 0 Å². The van der Waals surface area contributed by atoms with Crippen LogP contribution in [0.5, 0.6) is 5.88 Å². The van der Waals surface area contributed by atoms with Crippen molar-refractivity contribution in [2.24, 2.45) is 0 Å². The molecular formula is C20H18F7N3O7S2. The van der Waals surface area contributed by atoms with Gasteiger partial charge in [-0.25, -0.2) is 27.4 Å². The summed E-state index contributed by atoms with van der Waals surface area (Å²) in [6.07, 6.45) is -5.27. The third-order valence-electron chi connectivity index (χ3n) is 4.86. The molecule has 39 heavy (non-hydrogen) atoms. The Labute approximate surface area is 219 Å². The number of carboxylic acids is 2. The maximum atomic E-state index is 13.6. The van der Waals surface area contributed by atoms with Gasteiger partial charge in [0.15, 0.2) is 5.82 Å². The Morgan fingerprint density at radius 3 is 2.03 bits per heavy atom. The highest BCUT2D eigenvalue weighted by molar-refractivity contribution is 8.01. The number of hydrogen-bond donors (Lipinski definition) is 2. The van der Waals surface area contributed by atoms with Crippen LogP contribution >= 0.6 is 11.8 Å². The van der Waals surface area contributed by atoms with Crippen molar-refractivity contribution < 1.29 is 63.7 Å². The van der Waals surface area contributed by atoms with Crippen LogP contribution in [0.2, 0.25) is 0 Å². The lowest BCUT2D eigenvalue weighted by molar-refractivity contribution is -0.193. The van der Waals surface area contributed by atoms with Crippen LogP contribution in [0.3, 0.4) is 0 Å². The molecule has 1 spiro atoms. The zero-order valence-corrected chi connectivity index (χ0v) is 20.8. The van der Waals surface area contributed by atoms with Gasteiger partial charge < -0.3 is 14.9 Å². The van der Waals surface area contributed by atoms with E-state index in [2.05, 4.69) is 9.97 Å². The van der Waals surface area contributed by atoms with Crippen molar-refractivity contribution in [1.82, 2.24) is 14.3 Å². The number of aliphatic carboxylic acids is 2. The topological polar surface area (TPSA) is 147 Å². The molecule has 2 fully saturated rings. The molecule has 216 valence electrons. The number of alkyl halides is 6. The Balaban J connectivity index is 0.000000317. The molecule has 2 N–H and O–H groups in total. The van der Waals surface area contributed by atoms with Crippen molar-refractivity contribution in [3.05, 3.63) is 48.7 Å². The van der Waals surface area contributed by atoms with Gasteiger partial charge in [0.1, 0.15) is 11.0 Å². The molecule has 0 amide bonds. The first-order chi connectivity index (χ1) is 17.9. The summed E-state index contributed by atoms with van der Waals surface area (Å²) in [5, 5.41) is 14.2. The van der Waals surface area contributed by atoms with E-state index in [1.54, 1.807) is 30.1 Å². The molecule has 0 aliphatic carbocycles. The van der Waals surface area contributed by atoms with Crippen molar-refractivity contribution in [2.45, 2.75) is 34.5 Å². The normalized spacial score (nSPS) is 18.6. The number of aromatic nitrogens is 2. The highest BCUT2D eigenvalue weighted by atomic mass is 32.2. The van der Waals surface area contributed by atoms with Crippen LogP contribution in [0.1, 0.15) is 6.42 Å². The molecule has 2 aliphatic heterocycles. The van der Waals surface area contributed by atoms with Crippen molar-refractivity contribution in [2.75, 3.05) is 18.8 Å². The summed E-state index contributed by atoms with van der Waals surface area (Å²) in [4.78, 5) is 25.8. The fourth-order valence-corrected chi connectivity index (χ4v) is 6.39. The number of thioether (sulfide) groups is 1. The minimum absolute atomic E-state index is 0.00399. The average Bonchev–Trinajstić information content (AvgIpc) is 3.24. The van der Waals surface area contributed by atoms with E-state index in [4.69, 9.17) is 24.5 Å². The highest BCUT2D eigenvalue weighted by Crippen LogP contribution is 2.47. The molecular weight excluding hydrogens is 591 g/mol. The first kappa shape index (κ1) is 32.0. The predicted octanol–water partition coefficient (Wildman–Crippen LogP) is 3.21. The van der Waals surface area contributed by atoms with E-state index < -0.39 is 40.1 Å². The van der Waals surface area contributed by atoms with Crippen molar-refractivity contribution in [3.8, 4) is 5.88 Å². The van der Waals surface area contributed by atoms with Crippen molar-refractivity contribution >= 4 is 33.7 Å². The molecule has 4 heterocycles. The molecule has 2 saturated heterocycles. The van der Waals surface area contributed by atoms with E-state index in [1.807, 2.05) is 0 Å². The summed E-state index contributed by atoms with van der Waals surface area (Å²) in [6, 6.07) is 5.98. The second kappa shape index (κ2) is 12.3. The number of carboxylic acid groups (broad SMARTS) is 2. The Kier molecular flexibility index (Phi) is 10.1. The Morgan fingerprint density at radius 2 is 1.56 bits per heavy atom. The molecule has 0 aromatic carbocycles. The van der Waals surface area contributed by atoms with Gasteiger partial charge in [-0.1, -0.05) is 0 Å². The third kappa shape index (κ3) is 8.92. The lowest BCUT2D eigenvalue weighted by Crippen LogP contribution is -2.60. The molecule has 4 rings (SSSR count). The van der Waals surface area contributed by atoms with Crippen LogP contribution in [0.15, 0.2) is 47.8 Å². The molecule has 10 nitrogen and oxygen atoms in total. The SMILES string of the molecule is O=C(O)C(F)(F)F.O=C(O)C(F)(F)F.O=S(=O)(c1cccnc1)N1CC2(CC(Oc3ncccc3F)CS2)C1. The second-order valence-corrected chi connectivity index (χ2v) is 11.2. The van der Waals surface area contributed by atoms with Crippen LogP contribution in [0.25, 0.3) is 0 Å². The molecule has 2 aromatic rings. The van der Waals surface area contributed by atoms with Gasteiger partial charge >= 0.3 is 24.3 Å². The standard InChI is InChI=1S/C16H16FN3O3S2.2C2HF3O2/c17-14-4-2-6-19-15(14)23-12-7-16(24-9-12)10-20(11-16)25(21,22)13-3-1-5-18-8-13;2*3-2(4,5)1(6)7/h1-6,8,12H,7,9-11H2;2*(H,6,7). The third-order valence-corrected chi connectivity index (χ3v) is 8.22. The number of rotatable bonds is 4. The van der Waals surface area contributed by atoms with Gasteiger partial charge in [-0.2, -0.15) is 30.6 Å². The number of halogens is 7. The molecule has 1 unspecified atom stereocenters. The Bertz CT molecular complexity index is 1230. The largest absolute Gasteiger partial charge is 0.490 e. The van der Waals surface area contributed by atoms with Gasteiger partial charge in [0.2, 0.25) is 10.0 Å². The number of ether oxygens (including phenoxy) is 1. The molecule has 0 saturated carbocycles. The minimum Gasteiger partial charge on any atom is -0.475 e. The quantitative estimate of drug-likeness (QED) is 0.496. The van der Waals surface area contributed by atoms with Crippen LogP contribution in [-0.2, 0) is 19.6 Å². The first-order valence-corrected chi connectivity index (χ1v) is 12.7. The van der Waals surface area contributed by atoms with E-state index in [0.29, 0.717) is 25.3 Å². The number of pyridine rings is 2. The summed E-state index contributed by atoms with van der Waals surface area (Å²) >= 11 is 1.68. The molecule has 2 aliphatic rings. The van der Waals surface area contributed by atoms with Crippen molar-refractivity contribution in [1.29, 1.82) is 0 Å². The lowest BCUT2D eigenvalue weighted by atomic mass is 9.95. The summed E-state index contributed by atoms with van der Waals surface area (Å²) in [6.45, 7) is 0.860. The van der Waals surface area contributed by atoms with Crippen LogP contribution in [0, 0.1) is 5.82 Å². The molecule has 2 aromatic heterocycles. The van der Waals surface area contributed by atoms with E-state index in [9.17, 15) is 39.2 Å². The Morgan fingerprint density at radius 1 is 1.03 bits per heavy atom. The predicted molar refractivity (Wildman–Crippen MR) is 119 cm³/mol. The zero-order chi connectivity index (χ0) is 29.6. The number of nitrogens with zero attached hydrogens (tertiary/aromatic N) is 3. The highest BCUT2D eigenvalue weighted by Gasteiger charge is 2.53. The van der Waals surface area contributed by atoms with Gasteiger partial charge in [0.25, 0.3) is 5.88 Å². The summed E-state index contributed by atoms with van der Waals surface area (Å²) in [7, 11) is -3.50. The Hall–Kier alpha value is -3.19. The molecule has 0 bridgehead atoms. The van der Waals surface area contributed by atoms with E-state index in [1.165, 1.54) is 28.8 Å². The maximum absolute atomic E-state index is 13.6. The summed E-state index contributed by atoms with van der Waals surface area (Å²) in [5.74, 6) is -5.30. The van der Waals surface area contributed by atoms with Crippen LogP contribution < -0.4 is 4.74 Å².